The molecule has 6 heteroatoms. The number of carbonyl (C=O) groups is 2. The summed E-state index contributed by atoms with van der Waals surface area (Å²) < 4.78 is 0. The van der Waals surface area contributed by atoms with Gasteiger partial charge in [0.05, 0.1) is 5.69 Å². The lowest BCUT2D eigenvalue weighted by Gasteiger charge is -2.30. The highest BCUT2D eigenvalue weighted by atomic mass is 32.1. The number of hydrogen-bond donors (Lipinski definition) is 1. The van der Waals surface area contributed by atoms with E-state index >= 15 is 0 Å². The highest BCUT2D eigenvalue weighted by molar-refractivity contribution is 7.14. The van der Waals surface area contributed by atoms with Crippen LogP contribution in [-0.2, 0) is 16.0 Å². The van der Waals surface area contributed by atoms with Crippen molar-refractivity contribution in [2.75, 3.05) is 16.8 Å². The summed E-state index contributed by atoms with van der Waals surface area (Å²) in [6.45, 7) is 4.89. The summed E-state index contributed by atoms with van der Waals surface area (Å²) in [4.78, 5) is 31.4. The summed E-state index contributed by atoms with van der Waals surface area (Å²) in [6.07, 6.45) is 5.73. The van der Waals surface area contributed by atoms with Crippen LogP contribution in [0.5, 0.6) is 0 Å². The van der Waals surface area contributed by atoms with E-state index in [9.17, 15) is 9.59 Å². The van der Waals surface area contributed by atoms with Gasteiger partial charge in [0, 0.05) is 35.0 Å². The number of fused-ring (bicyclic) bond motifs is 1. The molecule has 2 amide bonds. The van der Waals surface area contributed by atoms with Crippen molar-refractivity contribution in [2.24, 2.45) is 11.8 Å². The monoisotopic (exact) mass is 397 g/mol. The van der Waals surface area contributed by atoms with Crippen molar-refractivity contribution in [2.45, 2.75) is 52.4 Å². The zero-order valence-corrected chi connectivity index (χ0v) is 17.3. The minimum absolute atomic E-state index is 0.0334. The van der Waals surface area contributed by atoms with E-state index in [4.69, 9.17) is 0 Å². The molecule has 0 bridgehead atoms. The Morgan fingerprint density at radius 2 is 2.07 bits per heavy atom. The third kappa shape index (κ3) is 3.83. The molecule has 1 saturated carbocycles. The van der Waals surface area contributed by atoms with E-state index in [2.05, 4.69) is 22.4 Å². The van der Waals surface area contributed by atoms with Gasteiger partial charge in [-0.3, -0.25) is 9.59 Å². The third-order valence-electron chi connectivity index (χ3n) is 5.78. The number of aromatic nitrogens is 1. The van der Waals surface area contributed by atoms with Crippen LogP contribution in [0.4, 0.5) is 10.8 Å². The highest BCUT2D eigenvalue weighted by Gasteiger charge is 2.35. The second kappa shape index (κ2) is 8.03. The minimum atomic E-state index is 0.0334. The van der Waals surface area contributed by atoms with E-state index in [0.29, 0.717) is 5.13 Å². The van der Waals surface area contributed by atoms with Crippen molar-refractivity contribution in [3.05, 3.63) is 29.1 Å². The highest BCUT2D eigenvalue weighted by Crippen LogP contribution is 2.37. The number of aryl methyl sites for hydroxylation is 1. The van der Waals surface area contributed by atoms with Crippen LogP contribution in [0.3, 0.4) is 0 Å². The second-order valence-corrected chi connectivity index (χ2v) is 8.61. The maximum atomic E-state index is 12.6. The molecule has 1 aromatic heterocycles. The minimum Gasteiger partial charge on any atom is -0.312 e. The van der Waals surface area contributed by atoms with E-state index in [1.807, 2.05) is 30.2 Å². The molecule has 0 radical (unpaired) electrons. The average Bonchev–Trinajstić information content (AvgIpc) is 3.46. The van der Waals surface area contributed by atoms with Crippen molar-refractivity contribution < 1.29 is 9.59 Å². The molecule has 1 fully saturated rings. The molecule has 28 heavy (non-hydrogen) atoms. The van der Waals surface area contributed by atoms with Gasteiger partial charge in [0.15, 0.2) is 5.13 Å². The molecule has 5 nitrogen and oxygen atoms in total. The molecule has 0 unspecified atom stereocenters. The van der Waals surface area contributed by atoms with Crippen LogP contribution < -0.4 is 10.2 Å². The summed E-state index contributed by atoms with van der Waals surface area (Å²) in [5.41, 5.74) is 4.19. The van der Waals surface area contributed by atoms with Gasteiger partial charge in [-0.15, -0.1) is 11.3 Å². The number of nitrogens with zero attached hydrogens (tertiary/aromatic N) is 2. The Labute approximate surface area is 170 Å². The molecule has 1 N–H and O–H groups in total. The first-order valence-electron chi connectivity index (χ1n) is 10.3. The van der Waals surface area contributed by atoms with Gasteiger partial charge < -0.3 is 10.2 Å². The summed E-state index contributed by atoms with van der Waals surface area (Å²) >= 11 is 1.46. The van der Waals surface area contributed by atoms with Gasteiger partial charge in [0.1, 0.15) is 0 Å². The van der Waals surface area contributed by atoms with Crippen molar-refractivity contribution in [1.29, 1.82) is 0 Å². The van der Waals surface area contributed by atoms with E-state index in [-0.39, 0.29) is 23.7 Å². The maximum absolute atomic E-state index is 12.6. The molecule has 0 saturated heterocycles. The fourth-order valence-electron chi connectivity index (χ4n) is 3.87. The summed E-state index contributed by atoms with van der Waals surface area (Å²) in [5, 5.41) is 5.59. The van der Waals surface area contributed by atoms with E-state index in [0.717, 1.165) is 62.0 Å². The molecule has 148 valence electrons. The zero-order valence-electron chi connectivity index (χ0n) is 16.5. The van der Waals surface area contributed by atoms with Gasteiger partial charge in [0.2, 0.25) is 11.8 Å². The lowest BCUT2D eigenvalue weighted by atomic mass is 9.98. The Hall–Kier alpha value is -2.21. The van der Waals surface area contributed by atoms with Gasteiger partial charge in [-0.05, 0) is 56.2 Å². The van der Waals surface area contributed by atoms with E-state index in [1.54, 1.807) is 0 Å². The molecule has 2 heterocycles. The molecule has 2 aliphatic rings. The van der Waals surface area contributed by atoms with Crippen LogP contribution in [0.2, 0.25) is 0 Å². The number of thiazole rings is 1. The lowest BCUT2D eigenvalue weighted by Crippen LogP contribution is -2.36. The fourth-order valence-corrected chi connectivity index (χ4v) is 4.59. The van der Waals surface area contributed by atoms with Crippen LogP contribution in [0.1, 0.15) is 51.5 Å². The first-order chi connectivity index (χ1) is 13.6. The van der Waals surface area contributed by atoms with Gasteiger partial charge >= 0.3 is 0 Å². The summed E-state index contributed by atoms with van der Waals surface area (Å²) in [6, 6.07) is 6.26. The van der Waals surface area contributed by atoms with E-state index in [1.165, 1.54) is 16.9 Å². The molecule has 1 aromatic carbocycles. The Morgan fingerprint density at radius 3 is 2.79 bits per heavy atom. The molecule has 0 atom stereocenters. The number of rotatable bonds is 6. The van der Waals surface area contributed by atoms with E-state index < -0.39 is 0 Å². The topological polar surface area (TPSA) is 62.3 Å². The normalized spacial score (nSPS) is 16.2. The molecular formula is C22H27N3O2S. The van der Waals surface area contributed by atoms with Crippen LogP contribution >= 0.6 is 11.3 Å². The first kappa shape index (κ1) is 19.1. The van der Waals surface area contributed by atoms with Crippen molar-refractivity contribution in [1.82, 2.24) is 4.98 Å². The maximum Gasteiger partial charge on any atom is 0.230 e. The number of nitrogens with one attached hydrogen (secondary N) is 1. The quantitative estimate of drug-likeness (QED) is 0.756. The second-order valence-electron chi connectivity index (χ2n) is 7.75. The molecule has 1 aliphatic carbocycles. The summed E-state index contributed by atoms with van der Waals surface area (Å²) in [7, 11) is 0. The fraction of sp³-hybridized carbons (Fsp3) is 0.500. The Balaban J connectivity index is 1.52. The van der Waals surface area contributed by atoms with Gasteiger partial charge in [0.25, 0.3) is 0 Å². The number of amides is 2. The molecule has 4 rings (SSSR count). The third-order valence-corrected chi connectivity index (χ3v) is 6.53. The van der Waals surface area contributed by atoms with Crippen molar-refractivity contribution >= 4 is 34.0 Å². The van der Waals surface area contributed by atoms with Gasteiger partial charge in [-0.2, -0.15) is 0 Å². The smallest absolute Gasteiger partial charge is 0.230 e. The predicted molar refractivity (Wildman–Crippen MR) is 114 cm³/mol. The largest absolute Gasteiger partial charge is 0.312 e. The Bertz CT molecular complexity index is 884. The standard InChI is InChI=1S/C22H27N3O2S/c1-3-14(4-2)20(26)24-22-23-18(13-28-22)16-9-10-19-17(12-16)6-5-11-25(19)21(27)15-7-8-15/h9-10,12-15H,3-8,11H2,1-2H3,(H,23,24,26). The number of carbonyl (C=O) groups excluding carboxylic acids is 2. The number of anilines is 2. The molecule has 1 aliphatic heterocycles. The molecule has 0 spiro atoms. The van der Waals surface area contributed by atoms with Crippen LogP contribution in [0.25, 0.3) is 11.3 Å². The zero-order chi connectivity index (χ0) is 19.7. The van der Waals surface area contributed by atoms with Crippen LogP contribution in [-0.4, -0.2) is 23.3 Å². The molecule has 2 aromatic rings. The van der Waals surface area contributed by atoms with Crippen LogP contribution in [0.15, 0.2) is 23.6 Å². The SMILES string of the molecule is CCC(CC)C(=O)Nc1nc(-c2ccc3c(c2)CCCN3C(=O)C2CC2)cs1. The van der Waals surface area contributed by atoms with Crippen molar-refractivity contribution in [3.8, 4) is 11.3 Å². The van der Waals surface area contributed by atoms with Gasteiger partial charge in [-0.1, -0.05) is 19.9 Å². The number of benzene rings is 1. The van der Waals surface area contributed by atoms with Gasteiger partial charge in [-0.25, -0.2) is 4.98 Å². The van der Waals surface area contributed by atoms with Crippen LogP contribution in [0, 0.1) is 11.8 Å². The Morgan fingerprint density at radius 1 is 1.29 bits per heavy atom. The van der Waals surface area contributed by atoms with Crippen molar-refractivity contribution in [3.63, 3.8) is 0 Å². The number of hydrogen-bond acceptors (Lipinski definition) is 4. The lowest BCUT2D eigenvalue weighted by molar-refractivity contribution is -0.120. The average molecular weight is 398 g/mol. The predicted octanol–water partition coefficient (Wildman–Crippen LogP) is 4.87. The molecular weight excluding hydrogens is 370 g/mol. The first-order valence-corrected chi connectivity index (χ1v) is 11.2. The summed E-state index contributed by atoms with van der Waals surface area (Å²) in [5.74, 6) is 0.607. The Kier molecular flexibility index (Phi) is 5.49.